The number of amides is 1. The minimum absolute atomic E-state index is 0.0874. The summed E-state index contributed by atoms with van der Waals surface area (Å²) in [5.74, 6) is -0.817. The number of nitrogens with one attached hydrogen (secondary N) is 2. The fourth-order valence-electron chi connectivity index (χ4n) is 2.06. The molecular formula is C16H14ClFN2O3S. The lowest BCUT2D eigenvalue weighted by molar-refractivity contribution is 0.0951. The molecule has 24 heavy (non-hydrogen) atoms. The Bertz CT molecular complexity index is 881. The van der Waals surface area contributed by atoms with Crippen LogP contribution in [0.15, 0.2) is 47.4 Å². The molecule has 8 heteroatoms. The Kier molecular flexibility index (Phi) is 4.47. The van der Waals surface area contributed by atoms with Gasteiger partial charge in [-0.2, -0.15) is 0 Å². The highest BCUT2D eigenvalue weighted by Crippen LogP contribution is 2.27. The molecule has 0 atom stereocenters. The van der Waals surface area contributed by atoms with Gasteiger partial charge in [-0.1, -0.05) is 11.6 Å². The predicted molar refractivity (Wildman–Crippen MR) is 89.1 cm³/mol. The topological polar surface area (TPSA) is 75.3 Å². The zero-order valence-electron chi connectivity index (χ0n) is 12.4. The number of carbonyl (C=O) groups excluding carboxylic acids is 1. The third-order valence-electron chi connectivity index (χ3n) is 3.51. The second kappa shape index (κ2) is 6.41. The molecular weight excluding hydrogens is 355 g/mol. The van der Waals surface area contributed by atoms with Gasteiger partial charge in [0.1, 0.15) is 5.82 Å². The highest BCUT2D eigenvalue weighted by molar-refractivity contribution is 7.92. The Morgan fingerprint density at radius 1 is 1.12 bits per heavy atom. The van der Waals surface area contributed by atoms with Crippen LogP contribution in [0, 0.1) is 5.82 Å². The van der Waals surface area contributed by atoms with E-state index in [1.54, 1.807) is 0 Å². The van der Waals surface area contributed by atoms with E-state index in [0.29, 0.717) is 5.56 Å². The minimum Gasteiger partial charge on any atom is -0.349 e. The lowest BCUT2D eigenvalue weighted by atomic mass is 10.2. The van der Waals surface area contributed by atoms with E-state index in [1.807, 2.05) is 0 Å². The van der Waals surface area contributed by atoms with E-state index < -0.39 is 15.8 Å². The maximum atomic E-state index is 12.9. The van der Waals surface area contributed by atoms with E-state index in [0.717, 1.165) is 37.1 Å². The highest BCUT2D eigenvalue weighted by Gasteiger charge is 2.24. The van der Waals surface area contributed by atoms with Crippen molar-refractivity contribution in [2.24, 2.45) is 0 Å². The number of sulfonamides is 1. The van der Waals surface area contributed by atoms with Gasteiger partial charge in [0, 0.05) is 11.6 Å². The van der Waals surface area contributed by atoms with Gasteiger partial charge in [0.25, 0.3) is 15.9 Å². The third kappa shape index (κ3) is 3.85. The van der Waals surface area contributed by atoms with Gasteiger partial charge in [-0.15, -0.1) is 0 Å². The number of halogens is 2. The van der Waals surface area contributed by atoms with Crippen molar-refractivity contribution in [3.8, 4) is 0 Å². The maximum absolute atomic E-state index is 12.9. The first-order valence-corrected chi connectivity index (χ1v) is 9.10. The molecule has 0 spiro atoms. The molecule has 2 N–H and O–H groups in total. The molecule has 0 unspecified atom stereocenters. The van der Waals surface area contributed by atoms with Gasteiger partial charge in [0.15, 0.2) is 0 Å². The van der Waals surface area contributed by atoms with E-state index in [2.05, 4.69) is 10.0 Å². The van der Waals surface area contributed by atoms with Gasteiger partial charge in [0.2, 0.25) is 0 Å². The van der Waals surface area contributed by atoms with Crippen molar-refractivity contribution in [3.63, 3.8) is 0 Å². The second-order valence-electron chi connectivity index (χ2n) is 5.50. The standard InChI is InChI=1S/C16H14ClFN2O3S/c17-14-8-1-10(16(21)19-12-4-5-12)9-15(14)20-24(22,23)13-6-2-11(18)3-7-13/h1-3,6-9,12,20H,4-5H2,(H,19,21). The molecule has 1 amide bonds. The lowest BCUT2D eigenvalue weighted by Crippen LogP contribution is -2.25. The summed E-state index contributed by atoms with van der Waals surface area (Å²) < 4.78 is 39.9. The molecule has 0 saturated heterocycles. The molecule has 0 bridgehead atoms. The Morgan fingerprint density at radius 3 is 2.42 bits per heavy atom. The summed E-state index contributed by atoms with van der Waals surface area (Å²) in [4.78, 5) is 12.0. The number of anilines is 1. The molecule has 5 nitrogen and oxygen atoms in total. The van der Waals surface area contributed by atoms with Crippen molar-refractivity contribution in [3.05, 3.63) is 58.9 Å². The molecule has 2 aromatic carbocycles. The van der Waals surface area contributed by atoms with Crippen molar-refractivity contribution in [1.29, 1.82) is 0 Å². The molecule has 0 aliphatic heterocycles. The Hall–Kier alpha value is -2.12. The monoisotopic (exact) mass is 368 g/mol. The number of carbonyl (C=O) groups is 1. The van der Waals surface area contributed by atoms with E-state index in [1.165, 1.54) is 18.2 Å². The van der Waals surface area contributed by atoms with Crippen LogP contribution in [0.2, 0.25) is 5.02 Å². The van der Waals surface area contributed by atoms with E-state index in [9.17, 15) is 17.6 Å². The van der Waals surface area contributed by atoms with Crippen LogP contribution < -0.4 is 10.0 Å². The smallest absolute Gasteiger partial charge is 0.261 e. The number of hydrogen-bond acceptors (Lipinski definition) is 3. The van der Waals surface area contributed by atoms with Crippen molar-refractivity contribution in [1.82, 2.24) is 5.32 Å². The summed E-state index contributed by atoms with van der Waals surface area (Å²) in [6.07, 6.45) is 1.90. The molecule has 0 heterocycles. The van der Waals surface area contributed by atoms with Crippen LogP contribution in [0.25, 0.3) is 0 Å². The normalized spacial score (nSPS) is 14.2. The summed E-state index contributed by atoms with van der Waals surface area (Å²) in [6.45, 7) is 0. The van der Waals surface area contributed by atoms with Crippen LogP contribution in [0.5, 0.6) is 0 Å². The number of benzene rings is 2. The summed E-state index contributed by atoms with van der Waals surface area (Å²) in [5, 5.41) is 2.97. The fraction of sp³-hybridized carbons (Fsp3) is 0.188. The average Bonchev–Trinajstić information content (AvgIpc) is 3.33. The van der Waals surface area contributed by atoms with Crippen LogP contribution in [0.1, 0.15) is 23.2 Å². The molecule has 1 fully saturated rings. The van der Waals surface area contributed by atoms with Gasteiger partial charge >= 0.3 is 0 Å². The fourth-order valence-corrected chi connectivity index (χ4v) is 3.35. The molecule has 3 rings (SSSR count). The summed E-state index contributed by atoms with van der Waals surface area (Å²) in [7, 11) is -3.94. The summed E-state index contributed by atoms with van der Waals surface area (Å²) in [6, 6.07) is 8.94. The summed E-state index contributed by atoms with van der Waals surface area (Å²) in [5.41, 5.74) is 0.396. The summed E-state index contributed by atoms with van der Waals surface area (Å²) >= 11 is 6.02. The molecule has 0 radical (unpaired) electrons. The Labute approximate surface area is 143 Å². The molecule has 126 valence electrons. The molecule has 1 aliphatic rings. The number of rotatable bonds is 5. The largest absolute Gasteiger partial charge is 0.349 e. The van der Waals surface area contributed by atoms with E-state index in [4.69, 9.17) is 11.6 Å². The first-order valence-electron chi connectivity index (χ1n) is 7.24. The van der Waals surface area contributed by atoms with Crippen molar-refractivity contribution < 1.29 is 17.6 Å². The third-order valence-corrected chi connectivity index (χ3v) is 5.22. The van der Waals surface area contributed by atoms with Crippen molar-refractivity contribution in [2.45, 2.75) is 23.8 Å². The highest BCUT2D eigenvalue weighted by atomic mass is 35.5. The minimum atomic E-state index is -3.94. The van der Waals surface area contributed by atoms with Crippen molar-refractivity contribution in [2.75, 3.05) is 4.72 Å². The van der Waals surface area contributed by atoms with E-state index >= 15 is 0 Å². The molecule has 2 aromatic rings. The van der Waals surface area contributed by atoms with E-state index in [-0.39, 0.29) is 27.6 Å². The quantitative estimate of drug-likeness (QED) is 0.851. The first-order chi connectivity index (χ1) is 11.3. The molecule has 0 aromatic heterocycles. The zero-order valence-corrected chi connectivity index (χ0v) is 14.0. The van der Waals surface area contributed by atoms with Gasteiger partial charge in [-0.05, 0) is 55.3 Å². The maximum Gasteiger partial charge on any atom is 0.261 e. The SMILES string of the molecule is O=C(NC1CC1)c1ccc(Cl)c(NS(=O)(=O)c2ccc(F)cc2)c1. The van der Waals surface area contributed by atoms with Crippen molar-refractivity contribution >= 4 is 33.2 Å². The second-order valence-corrected chi connectivity index (χ2v) is 7.59. The van der Waals surface area contributed by atoms with Gasteiger partial charge in [-0.3, -0.25) is 9.52 Å². The van der Waals surface area contributed by atoms with Crippen LogP contribution in [-0.4, -0.2) is 20.4 Å². The van der Waals surface area contributed by atoms with Gasteiger partial charge in [0.05, 0.1) is 15.6 Å². The molecule has 1 aliphatic carbocycles. The van der Waals surface area contributed by atoms with Gasteiger partial charge in [-0.25, -0.2) is 12.8 Å². The Balaban J connectivity index is 1.85. The molecule has 1 saturated carbocycles. The first kappa shape index (κ1) is 16.7. The zero-order chi connectivity index (χ0) is 17.3. The van der Waals surface area contributed by atoms with Crippen LogP contribution in [-0.2, 0) is 10.0 Å². The predicted octanol–water partition coefficient (Wildman–Crippen LogP) is 3.17. The Morgan fingerprint density at radius 2 is 1.79 bits per heavy atom. The lowest BCUT2D eigenvalue weighted by Gasteiger charge is -2.11. The van der Waals surface area contributed by atoms with Crippen LogP contribution >= 0.6 is 11.6 Å². The van der Waals surface area contributed by atoms with Crippen LogP contribution in [0.4, 0.5) is 10.1 Å². The average molecular weight is 369 g/mol. The number of hydrogen-bond donors (Lipinski definition) is 2. The van der Waals surface area contributed by atoms with Crippen LogP contribution in [0.3, 0.4) is 0 Å². The van der Waals surface area contributed by atoms with Gasteiger partial charge < -0.3 is 5.32 Å².